The molecule has 1 saturated heterocycles. The second kappa shape index (κ2) is 10.4. The summed E-state index contributed by atoms with van der Waals surface area (Å²) >= 11 is 0. The first-order valence-corrected chi connectivity index (χ1v) is 13.9. The van der Waals surface area contributed by atoms with Crippen LogP contribution in [-0.4, -0.2) is 38.2 Å². The van der Waals surface area contributed by atoms with Gasteiger partial charge in [-0.25, -0.2) is 4.99 Å². The third kappa shape index (κ3) is 4.40. The number of furan rings is 1. The number of hydrogen-bond donors (Lipinski definition) is 0. The third-order valence-electron chi connectivity index (χ3n) is 8.06. The van der Waals surface area contributed by atoms with Crippen molar-refractivity contribution in [3.05, 3.63) is 87.8 Å². The lowest BCUT2D eigenvalue weighted by Gasteiger charge is -2.27. The number of rotatable bonds is 3. The van der Waals surface area contributed by atoms with Crippen LogP contribution in [0.4, 0.5) is 18.9 Å². The second-order valence-corrected chi connectivity index (χ2v) is 10.2. The summed E-state index contributed by atoms with van der Waals surface area (Å²) in [5.74, 6) is -0.00529. The molecular formula is C31H30F3N3O4. The minimum absolute atomic E-state index is 0.0506. The molecule has 1 amide bonds. The molecule has 1 aromatic heterocycles. The minimum Gasteiger partial charge on any atom is -0.493 e. The van der Waals surface area contributed by atoms with Crippen molar-refractivity contribution < 1.29 is 31.9 Å². The highest BCUT2D eigenvalue weighted by Gasteiger charge is 2.59. The van der Waals surface area contributed by atoms with E-state index in [1.54, 1.807) is 0 Å². The quantitative estimate of drug-likeness (QED) is 0.420. The number of nitrogens with zero attached hydrogens (tertiary/aromatic N) is 3. The molecule has 10 heteroatoms. The number of hydrogen-bond acceptors (Lipinski definition) is 6. The fourth-order valence-corrected chi connectivity index (χ4v) is 6.26. The Morgan fingerprint density at radius 1 is 1.15 bits per heavy atom. The van der Waals surface area contributed by atoms with Crippen molar-refractivity contribution in [1.29, 1.82) is 0 Å². The molecule has 214 valence electrons. The van der Waals surface area contributed by atoms with Crippen LogP contribution >= 0.6 is 0 Å². The predicted octanol–water partition coefficient (Wildman–Crippen LogP) is 6.61. The van der Waals surface area contributed by atoms with Crippen LogP contribution in [-0.2, 0) is 32.4 Å². The maximum Gasteiger partial charge on any atom is 0.449 e. The molecule has 2 atom stereocenters. The van der Waals surface area contributed by atoms with Crippen LogP contribution in [0.15, 0.2) is 79.6 Å². The van der Waals surface area contributed by atoms with Crippen LogP contribution in [0, 0.1) is 0 Å². The van der Waals surface area contributed by atoms with Gasteiger partial charge in [-0.2, -0.15) is 13.2 Å². The molecule has 41 heavy (non-hydrogen) atoms. The molecule has 7 rings (SSSR count). The number of benzene rings is 1. The van der Waals surface area contributed by atoms with E-state index in [1.165, 1.54) is 17.3 Å². The number of alkyl halides is 3. The van der Waals surface area contributed by atoms with Gasteiger partial charge in [0.05, 0.1) is 13.2 Å². The van der Waals surface area contributed by atoms with Crippen molar-refractivity contribution >= 4 is 24.1 Å². The minimum atomic E-state index is -4.61. The van der Waals surface area contributed by atoms with Gasteiger partial charge in [0.2, 0.25) is 11.7 Å². The number of halogens is 3. The molecule has 1 aromatic carbocycles. The lowest BCUT2D eigenvalue weighted by atomic mass is 9.71. The van der Waals surface area contributed by atoms with E-state index < -0.39 is 17.4 Å². The van der Waals surface area contributed by atoms with Gasteiger partial charge in [-0.15, -0.1) is 0 Å². The van der Waals surface area contributed by atoms with Crippen LogP contribution in [0.1, 0.15) is 61.7 Å². The number of carbonyl (C=O) groups excluding carboxylic acids is 1. The zero-order valence-corrected chi connectivity index (χ0v) is 22.8. The van der Waals surface area contributed by atoms with E-state index in [2.05, 4.69) is 16.1 Å². The molecular weight excluding hydrogens is 535 g/mol. The molecule has 4 aliphatic heterocycles. The number of allylic oxidation sites excluding steroid dienone is 3. The topological polar surface area (TPSA) is 76.6 Å². The molecule has 0 bridgehead atoms. The van der Waals surface area contributed by atoms with Gasteiger partial charge in [0, 0.05) is 42.4 Å². The Morgan fingerprint density at radius 2 is 2.00 bits per heavy atom. The van der Waals surface area contributed by atoms with Crippen molar-refractivity contribution in [1.82, 2.24) is 0 Å². The normalized spacial score (nSPS) is 24.5. The highest BCUT2D eigenvalue weighted by molar-refractivity contribution is 6.11. The van der Waals surface area contributed by atoms with Crippen molar-refractivity contribution in [2.75, 3.05) is 24.7 Å². The number of anilines is 1. The van der Waals surface area contributed by atoms with Crippen LogP contribution in [0.25, 0.3) is 0 Å². The van der Waals surface area contributed by atoms with Gasteiger partial charge in [0.1, 0.15) is 35.6 Å². The predicted molar refractivity (Wildman–Crippen MR) is 148 cm³/mol. The van der Waals surface area contributed by atoms with E-state index in [9.17, 15) is 18.0 Å². The Kier molecular flexibility index (Phi) is 6.87. The Bertz CT molecular complexity index is 1530. The molecule has 0 N–H and O–H groups in total. The second-order valence-electron chi connectivity index (χ2n) is 10.2. The first-order valence-electron chi connectivity index (χ1n) is 13.9. The summed E-state index contributed by atoms with van der Waals surface area (Å²) in [6, 6.07) is 7.88. The first-order chi connectivity index (χ1) is 19.9. The van der Waals surface area contributed by atoms with Crippen molar-refractivity contribution in [2.45, 2.75) is 57.2 Å². The summed E-state index contributed by atoms with van der Waals surface area (Å²) in [4.78, 5) is 24.7. The molecule has 0 saturated carbocycles. The van der Waals surface area contributed by atoms with Crippen molar-refractivity contribution in [3.8, 4) is 0 Å². The molecule has 2 aromatic rings. The molecule has 5 heterocycles. The van der Waals surface area contributed by atoms with Gasteiger partial charge in [0.25, 0.3) is 0 Å². The van der Waals surface area contributed by atoms with Gasteiger partial charge in [-0.05, 0) is 47.8 Å². The summed E-state index contributed by atoms with van der Waals surface area (Å²) in [5.41, 5.74) is 3.17. The molecule has 1 spiro atoms. The fraction of sp³-hybridized carbons (Fsp3) is 0.387. The zero-order valence-electron chi connectivity index (χ0n) is 22.8. The molecule has 5 aliphatic rings. The van der Waals surface area contributed by atoms with E-state index in [4.69, 9.17) is 13.9 Å². The monoisotopic (exact) mass is 565 g/mol. The smallest absolute Gasteiger partial charge is 0.449 e. The highest BCUT2D eigenvalue weighted by atomic mass is 19.4. The molecule has 1 fully saturated rings. The SMILES string of the molecule is CC.O=C1N(Cc2ccc(C(F)(F)F)o2)c2cccc(C3C=NC=NCC3)c2C12COC1=C2CC=C2CCOC2=C1. The average molecular weight is 566 g/mol. The van der Waals surface area contributed by atoms with Crippen LogP contribution < -0.4 is 4.90 Å². The summed E-state index contributed by atoms with van der Waals surface area (Å²) in [6.45, 7) is 5.15. The summed E-state index contributed by atoms with van der Waals surface area (Å²) < 4.78 is 56.9. The Hall–Kier alpha value is -4.08. The number of ether oxygens (including phenoxy) is 2. The Morgan fingerprint density at radius 3 is 2.80 bits per heavy atom. The van der Waals surface area contributed by atoms with E-state index in [0.717, 1.165) is 40.5 Å². The molecule has 7 nitrogen and oxygen atoms in total. The molecule has 2 unspecified atom stereocenters. The van der Waals surface area contributed by atoms with E-state index in [-0.39, 0.29) is 30.7 Å². The highest BCUT2D eigenvalue weighted by Crippen LogP contribution is 2.55. The lowest BCUT2D eigenvalue weighted by molar-refractivity contribution is -0.153. The van der Waals surface area contributed by atoms with Gasteiger partial charge >= 0.3 is 6.18 Å². The van der Waals surface area contributed by atoms with Crippen molar-refractivity contribution in [3.63, 3.8) is 0 Å². The number of carbonyl (C=O) groups is 1. The molecule has 1 aliphatic carbocycles. The van der Waals surface area contributed by atoms with Crippen LogP contribution in [0.3, 0.4) is 0 Å². The zero-order chi connectivity index (χ0) is 28.8. The standard InChI is InChI=1S/C29H24F3N3O4.C2H6/c30-29(31,32)25-7-5-19(39-25)14-35-22-3-1-2-20(18-8-10-33-16-34-13-18)26(22)28(27(35)36)15-38-24-12-23-17(9-11-37-23)4-6-21(24)28;1-2/h1-5,7,12-13,16,18H,6,8-11,14-15H2;1-2H3. The van der Waals surface area contributed by atoms with Gasteiger partial charge in [0.15, 0.2) is 0 Å². The van der Waals surface area contributed by atoms with Crippen LogP contribution in [0.5, 0.6) is 0 Å². The van der Waals surface area contributed by atoms with Gasteiger partial charge in [-0.1, -0.05) is 32.1 Å². The van der Waals surface area contributed by atoms with Crippen molar-refractivity contribution in [2.24, 2.45) is 9.98 Å². The summed E-state index contributed by atoms with van der Waals surface area (Å²) in [7, 11) is 0. The molecule has 0 radical (unpaired) electrons. The third-order valence-corrected chi connectivity index (χ3v) is 8.06. The Balaban J connectivity index is 0.00000148. The number of aliphatic imine (C=N–C) groups is 2. The summed E-state index contributed by atoms with van der Waals surface area (Å²) in [5, 5.41) is 0. The van der Waals surface area contributed by atoms with E-state index in [1.807, 2.05) is 44.3 Å². The van der Waals surface area contributed by atoms with Gasteiger partial charge < -0.3 is 18.8 Å². The van der Waals surface area contributed by atoms with E-state index >= 15 is 0 Å². The van der Waals surface area contributed by atoms with Gasteiger partial charge in [-0.3, -0.25) is 9.79 Å². The maximum atomic E-state index is 14.5. The van der Waals surface area contributed by atoms with Crippen LogP contribution in [0.2, 0.25) is 0 Å². The number of amides is 1. The lowest BCUT2D eigenvalue weighted by Crippen LogP contribution is -2.43. The fourth-order valence-electron chi connectivity index (χ4n) is 6.26. The number of fused-ring (bicyclic) bond motifs is 4. The largest absolute Gasteiger partial charge is 0.493 e. The van der Waals surface area contributed by atoms with E-state index in [0.29, 0.717) is 37.4 Å². The average Bonchev–Trinajstić information content (AvgIpc) is 3.68. The summed E-state index contributed by atoms with van der Waals surface area (Å²) in [6.07, 6.45) is 4.74. The Labute approximate surface area is 235 Å². The maximum absolute atomic E-state index is 14.5. The first kappa shape index (κ1) is 27.1.